The molecule has 1 N–H and O–H groups in total. The normalized spacial score (nSPS) is 9.91. The second-order valence-corrected chi connectivity index (χ2v) is 5.25. The minimum absolute atomic E-state index is 0.116. The summed E-state index contributed by atoms with van der Waals surface area (Å²) in [6, 6.07) is 17.5. The van der Waals surface area contributed by atoms with E-state index in [0.717, 1.165) is 29.9 Å². The second-order valence-electron chi connectivity index (χ2n) is 5.25. The molecule has 4 heteroatoms. The van der Waals surface area contributed by atoms with E-state index in [9.17, 15) is 4.79 Å². The molecule has 4 nitrogen and oxygen atoms in total. The Labute approximate surface area is 136 Å². The Morgan fingerprint density at radius 1 is 1.04 bits per heavy atom. The van der Waals surface area contributed by atoms with Gasteiger partial charge in [-0.05, 0) is 41.8 Å². The molecular formula is C19H20N2O2. The van der Waals surface area contributed by atoms with Crippen molar-refractivity contribution in [3.63, 3.8) is 0 Å². The average Bonchev–Trinajstić information content (AvgIpc) is 2.57. The zero-order valence-electron chi connectivity index (χ0n) is 13.2. The topological polar surface area (TPSA) is 62.1 Å². The van der Waals surface area contributed by atoms with Gasteiger partial charge in [0.15, 0.2) is 0 Å². The minimum Gasteiger partial charge on any atom is -0.457 e. The largest absolute Gasteiger partial charge is 0.457 e. The van der Waals surface area contributed by atoms with Crippen LogP contribution in [0.25, 0.3) is 0 Å². The number of hydrogen-bond donors (Lipinski definition) is 1. The fraction of sp³-hybridized carbons (Fsp3) is 0.263. The molecule has 0 aliphatic rings. The highest BCUT2D eigenvalue weighted by Crippen LogP contribution is 2.22. The predicted molar refractivity (Wildman–Crippen MR) is 89.0 cm³/mol. The number of nitrogens with one attached hydrogen (secondary N) is 1. The summed E-state index contributed by atoms with van der Waals surface area (Å²) >= 11 is 0. The fourth-order valence-corrected chi connectivity index (χ4v) is 2.16. The maximum Gasteiger partial charge on any atom is 0.234 e. The quantitative estimate of drug-likeness (QED) is 0.842. The van der Waals surface area contributed by atoms with E-state index in [2.05, 4.69) is 24.4 Å². The third kappa shape index (κ3) is 5.48. The molecule has 0 saturated heterocycles. The van der Waals surface area contributed by atoms with E-state index in [4.69, 9.17) is 10.00 Å². The molecule has 23 heavy (non-hydrogen) atoms. The third-order valence-electron chi connectivity index (χ3n) is 3.35. The molecule has 0 heterocycles. The molecule has 0 saturated carbocycles. The van der Waals surface area contributed by atoms with E-state index in [1.165, 1.54) is 5.56 Å². The molecule has 0 fully saturated rings. The highest BCUT2D eigenvalue weighted by atomic mass is 16.5. The number of hydrogen-bond acceptors (Lipinski definition) is 3. The van der Waals surface area contributed by atoms with Crippen molar-refractivity contribution in [3.8, 4) is 17.6 Å². The number of benzene rings is 2. The lowest BCUT2D eigenvalue weighted by molar-refractivity contribution is -0.120. The van der Waals surface area contributed by atoms with Crippen LogP contribution in [0.1, 0.15) is 30.9 Å². The molecule has 0 radical (unpaired) electrons. The lowest BCUT2D eigenvalue weighted by atomic mass is 10.1. The predicted octanol–water partition coefficient (Wildman–Crippen LogP) is 3.96. The van der Waals surface area contributed by atoms with Gasteiger partial charge in [-0.3, -0.25) is 4.79 Å². The number of carbonyl (C=O) groups is 1. The molecule has 0 unspecified atom stereocenters. The Morgan fingerprint density at radius 3 is 2.13 bits per heavy atom. The molecule has 0 aliphatic carbocycles. The summed E-state index contributed by atoms with van der Waals surface area (Å²) in [5.41, 5.74) is 2.27. The number of rotatable bonds is 7. The van der Waals surface area contributed by atoms with Gasteiger partial charge in [-0.25, -0.2) is 0 Å². The van der Waals surface area contributed by atoms with Crippen LogP contribution < -0.4 is 10.1 Å². The van der Waals surface area contributed by atoms with Gasteiger partial charge in [-0.1, -0.05) is 37.6 Å². The van der Waals surface area contributed by atoms with Gasteiger partial charge >= 0.3 is 0 Å². The number of aryl methyl sites for hydroxylation is 1. The Morgan fingerprint density at radius 2 is 1.61 bits per heavy atom. The number of nitriles is 1. The van der Waals surface area contributed by atoms with E-state index in [0.29, 0.717) is 6.54 Å². The van der Waals surface area contributed by atoms with Crippen molar-refractivity contribution in [3.05, 3.63) is 59.7 Å². The summed E-state index contributed by atoms with van der Waals surface area (Å²) in [7, 11) is 0. The molecule has 2 aromatic rings. The van der Waals surface area contributed by atoms with Crippen molar-refractivity contribution in [1.29, 1.82) is 5.26 Å². The number of carbonyl (C=O) groups excluding carboxylic acids is 1. The van der Waals surface area contributed by atoms with Crippen LogP contribution in [0.3, 0.4) is 0 Å². The van der Waals surface area contributed by atoms with Gasteiger partial charge in [0.2, 0.25) is 5.91 Å². The Kier molecular flexibility index (Phi) is 6.19. The van der Waals surface area contributed by atoms with Crippen LogP contribution in [-0.4, -0.2) is 5.91 Å². The Hall–Kier alpha value is -2.80. The molecule has 0 spiro atoms. The molecular weight excluding hydrogens is 288 g/mol. The molecule has 0 aromatic heterocycles. The lowest BCUT2D eigenvalue weighted by Crippen LogP contribution is -2.21. The molecule has 2 aromatic carbocycles. The van der Waals surface area contributed by atoms with E-state index >= 15 is 0 Å². The average molecular weight is 308 g/mol. The summed E-state index contributed by atoms with van der Waals surface area (Å²) in [6.45, 7) is 2.57. The van der Waals surface area contributed by atoms with E-state index in [-0.39, 0.29) is 12.3 Å². The van der Waals surface area contributed by atoms with Gasteiger partial charge in [0, 0.05) is 6.54 Å². The van der Waals surface area contributed by atoms with Crippen molar-refractivity contribution in [2.75, 3.05) is 0 Å². The van der Waals surface area contributed by atoms with Gasteiger partial charge in [0.05, 0.1) is 6.07 Å². The summed E-state index contributed by atoms with van der Waals surface area (Å²) in [5, 5.41) is 11.1. The zero-order valence-corrected chi connectivity index (χ0v) is 13.2. The standard InChI is InChI=1S/C19H20N2O2/c1-2-3-15-4-8-17(9-5-15)23-18-10-6-16(7-11-18)14-21-19(22)12-13-20/h4-11H,2-3,12,14H2,1H3,(H,21,22). The summed E-state index contributed by atoms with van der Waals surface area (Å²) in [6.07, 6.45) is 2.09. The number of amides is 1. The lowest BCUT2D eigenvalue weighted by Gasteiger charge is -2.08. The molecule has 1 amide bonds. The maximum absolute atomic E-state index is 11.2. The van der Waals surface area contributed by atoms with E-state index in [1.807, 2.05) is 42.5 Å². The van der Waals surface area contributed by atoms with Crippen LogP contribution in [0, 0.1) is 11.3 Å². The van der Waals surface area contributed by atoms with Crippen LogP contribution in [0.5, 0.6) is 11.5 Å². The smallest absolute Gasteiger partial charge is 0.234 e. The zero-order chi connectivity index (χ0) is 16.5. The fourth-order valence-electron chi connectivity index (χ4n) is 2.16. The second kappa shape index (κ2) is 8.60. The molecule has 2 rings (SSSR count). The van der Waals surface area contributed by atoms with Crippen molar-refractivity contribution in [2.45, 2.75) is 32.7 Å². The Bertz CT molecular complexity index is 670. The highest BCUT2D eigenvalue weighted by Gasteiger charge is 2.01. The third-order valence-corrected chi connectivity index (χ3v) is 3.35. The first-order valence-corrected chi connectivity index (χ1v) is 7.70. The molecule has 0 bridgehead atoms. The van der Waals surface area contributed by atoms with Gasteiger partial charge < -0.3 is 10.1 Å². The van der Waals surface area contributed by atoms with Crippen molar-refractivity contribution in [2.24, 2.45) is 0 Å². The monoisotopic (exact) mass is 308 g/mol. The first-order valence-electron chi connectivity index (χ1n) is 7.70. The van der Waals surface area contributed by atoms with E-state index < -0.39 is 0 Å². The first kappa shape index (κ1) is 16.6. The summed E-state index contributed by atoms with van der Waals surface area (Å²) in [5.74, 6) is 1.29. The summed E-state index contributed by atoms with van der Waals surface area (Å²) < 4.78 is 5.80. The number of ether oxygens (including phenoxy) is 1. The van der Waals surface area contributed by atoms with Gasteiger partial charge in [0.1, 0.15) is 17.9 Å². The van der Waals surface area contributed by atoms with Crippen molar-refractivity contribution < 1.29 is 9.53 Å². The van der Waals surface area contributed by atoms with Crippen molar-refractivity contribution in [1.82, 2.24) is 5.32 Å². The van der Waals surface area contributed by atoms with Crippen LogP contribution in [0.2, 0.25) is 0 Å². The van der Waals surface area contributed by atoms with E-state index in [1.54, 1.807) is 0 Å². The van der Waals surface area contributed by atoms with Crippen LogP contribution in [0.4, 0.5) is 0 Å². The minimum atomic E-state index is -0.264. The summed E-state index contributed by atoms with van der Waals surface area (Å²) in [4.78, 5) is 11.2. The van der Waals surface area contributed by atoms with Gasteiger partial charge in [0.25, 0.3) is 0 Å². The molecule has 0 atom stereocenters. The van der Waals surface area contributed by atoms with Crippen LogP contribution in [-0.2, 0) is 17.8 Å². The first-order chi connectivity index (χ1) is 11.2. The van der Waals surface area contributed by atoms with Gasteiger partial charge in [-0.15, -0.1) is 0 Å². The molecule has 0 aliphatic heterocycles. The van der Waals surface area contributed by atoms with Crippen LogP contribution >= 0.6 is 0 Å². The molecule has 118 valence electrons. The SMILES string of the molecule is CCCc1ccc(Oc2ccc(CNC(=O)CC#N)cc2)cc1. The van der Waals surface area contributed by atoms with Crippen molar-refractivity contribution >= 4 is 5.91 Å². The van der Waals surface area contributed by atoms with Gasteiger partial charge in [-0.2, -0.15) is 5.26 Å². The maximum atomic E-state index is 11.2. The Balaban J connectivity index is 1.89. The highest BCUT2D eigenvalue weighted by molar-refractivity contribution is 5.77. The number of nitrogens with zero attached hydrogens (tertiary/aromatic N) is 1. The van der Waals surface area contributed by atoms with Crippen LogP contribution in [0.15, 0.2) is 48.5 Å².